The van der Waals surface area contributed by atoms with Gasteiger partial charge in [-0.1, -0.05) is 55.5 Å². The van der Waals surface area contributed by atoms with Crippen LogP contribution in [0.2, 0.25) is 0 Å². The fourth-order valence-corrected chi connectivity index (χ4v) is 8.45. The van der Waals surface area contributed by atoms with Gasteiger partial charge in [-0.25, -0.2) is 9.59 Å². The standard InChI is InChI=1S/C35H37NO6/c1-33-17-16-24-20-25-29(40-31(38)22-10-6-4-7-11-22)30(41-32(39)23-12-8-5-9-13-23)26(36(2)3)21-34(25)18-19-35(24,42-34)27(33)14-15-28(33)37/h4-13,16,20,26-27,29-30H,14-15,17-19,21H2,1-3H3/t26-,27+,29+,30+,33-,34+,35+/m0/s1. The van der Waals surface area contributed by atoms with E-state index in [4.69, 9.17) is 14.2 Å². The summed E-state index contributed by atoms with van der Waals surface area (Å²) < 4.78 is 19.9. The van der Waals surface area contributed by atoms with Crippen LogP contribution in [-0.2, 0) is 19.0 Å². The number of carbonyl (C=O) groups excluding carboxylic acids is 3. The Hall–Kier alpha value is -3.55. The summed E-state index contributed by atoms with van der Waals surface area (Å²) in [6.45, 7) is 2.11. The van der Waals surface area contributed by atoms with E-state index < -0.39 is 40.8 Å². The van der Waals surface area contributed by atoms with Crippen molar-refractivity contribution < 1.29 is 28.6 Å². The lowest BCUT2D eigenvalue weighted by Crippen LogP contribution is -2.63. The summed E-state index contributed by atoms with van der Waals surface area (Å²) in [5, 5.41) is 0. The highest BCUT2D eigenvalue weighted by Crippen LogP contribution is 2.66. The van der Waals surface area contributed by atoms with Gasteiger partial charge < -0.3 is 19.1 Å². The van der Waals surface area contributed by atoms with Crippen LogP contribution in [0.25, 0.3) is 0 Å². The first kappa shape index (κ1) is 27.3. The number of rotatable bonds is 5. The number of hydrogen-bond donors (Lipinski definition) is 0. The quantitative estimate of drug-likeness (QED) is 0.453. The zero-order valence-corrected chi connectivity index (χ0v) is 24.4. The summed E-state index contributed by atoms with van der Waals surface area (Å²) in [5.41, 5.74) is 1.17. The Morgan fingerprint density at radius 1 is 0.929 bits per heavy atom. The van der Waals surface area contributed by atoms with Crippen molar-refractivity contribution in [2.75, 3.05) is 14.1 Å². The van der Waals surface area contributed by atoms with Crippen LogP contribution in [0, 0.1) is 11.3 Å². The number of carbonyl (C=O) groups is 3. The smallest absolute Gasteiger partial charge is 0.338 e. The Morgan fingerprint density at radius 2 is 1.57 bits per heavy atom. The Balaban J connectivity index is 1.33. The predicted octanol–water partition coefficient (Wildman–Crippen LogP) is 5.32. The number of benzene rings is 2. The van der Waals surface area contributed by atoms with Crippen LogP contribution in [-0.4, -0.2) is 66.2 Å². The Kier molecular flexibility index (Phi) is 6.33. The monoisotopic (exact) mass is 567 g/mol. The zero-order chi connectivity index (χ0) is 29.3. The van der Waals surface area contributed by atoms with Crippen LogP contribution < -0.4 is 0 Å². The first-order chi connectivity index (χ1) is 20.2. The van der Waals surface area contributed by atoms with Gasteiger partial charge in [0, 0.05) is 23.3 Å². The van der Waals surface area contributed by atoms with Crippen molar-refractivity contribution in [2.24, 2.45) is 11.3 Å². The van der Waals surface area contributed by atoms with Gasteiger partial charge in [0.15, 0.2) is 12.2 Å². The van der Waals surface area contributed by atoms with Gasteiger partial charge in [0.1, 0.15) is 5.78 Å². The van der Waals surface area contributed by atoms with Crippen LogP contribution in [0.3, 0.4) is 0 Å². The minimum atomic E-state index is -0.845. The third-order valence-electron chi connectivity index (χ3n) is 10.7. The zero-order valence-electron chi connectivity index (χ0n) is 24.4. The molecule has 2 aromatic rings. The Labute approximate surface area is 246 Å². The number of fused-ring (bicyclic) bond motifs is 1. The van der Waals surface area contributed by atoms with Crippen molar-refractivity contribution >= 4 is 17.7 Å². The van der Waals surface area contributed by atoms with E-state index in [-0.39, 0.29) is 12.0 Å². The minimum absolute atomic E-state index is 0.117. The summed E-state index contributed by atoms with van der Waals surface area (Å²) in [4.78, 5) is 42.1. The molecule has 7 atom stereocenters. The fraction of sp³-hybridized carbons (Fsp3) is 0.457. The van der Waals surface area contributed by atoms with Crippen molar-refractivity contribution in [1.29, 1.82) is 0 Å². The van der Waals surface area contributed by atoms with E-state index in [0.29, 0.717) is 36.2 Å². The molecule has 0 unspecified atom stereocenters. The molecule has 0 N–H and O–H groups in total. The lowest BCUT2D eigenvalue weighted by molar-refractivity contribution is -0.168. The minimum Gasteiger partial charge on any atom is -0.453 e. The van der Waals surface area contributed by atoms with Gasteiger partial charge in [-0.05, 0) is 76.0 Å². The van der Waals surface area contributed by atoms with Crippen LogP contribution in [0.1, 0.15) is 66.2 Å². The lowest BCUT2D eigenvalue weighted by Gasteiger charge is -2.55. The summed E-state index contributed by atoms with van der Waals surface area (Å²) in [5.74, 6) is -0.488. The van der Waals surface area contributed by atoms with Crippen molar-refractivity contribution in [3.8, 4) is 0 Å². The summed E-state index contributed by atoms with van der Waals surface area (Å²) in [6.07, 6.45) is 6.97. The maximum absolute atomic E-state index is 13.6. The van der Waals surface area contributed by atoms with E-state index in [2.05, 4.69) is 19.1 Å². The molecule has 218 valence electrons. The highest BCUT2D eigenvalue weighted by atomic mass is 16.6. The summed E-state index contributed by atoms with van der Waals surface area (Å²) in [6, 6.07) is 17.5. The maximum atomic E-state index is 13.6. The first-order valence-corrected chi connectivity index (χ1v) is 15.0. The molecule has 42 heavy (non-hydrogen) atoms. The topological polar surface area (TPSA) is 82.1 Å². The van der Waals surface area contributed by atoms with Crippen LogP contribution in [0.15, 0.2) is 84.0 Å². The molecule has 0 amide bonds. The molecule has 2 aliphatic heterocycles. The molecule has 0 radical (unpaired) electrons. The first-order valence-electron chi connectivity index (χ1n) is 15.0. The highest BCUT2D eigenvalue weighted by Gasteiger charge is 2.69. The molecule has 7 rings (SSSR count). The number of Topliss-reactive ketones (excluding diaryl/α,β-unsaturated/α-hetero) is 1. The third kappa shape index (κ3) is 3.97. The maximum Gasteiger partial charge on any atom is 0.338 e. The molecule has 7 heteroatoms. The number of hydrogen-bond acceptors (Lipinski definition) is 7. The van der Waals surface area contributed by atoms with Crippen molar-refractivity contribution in [3.05, 3.63) is 95.1 Å². The molecule has 1 saturated heterocycles. The second-order valence-corrected chi connectivity index (χ2v) is 13.0. The van der Waals surface area contributed by atoms with E-state index >= 15 is 0 Å². The average molecular weight is 568 g/mol. The van der Waals surface area contributed by atoms with E-state index in [9.17, 15) is 14.4 Å². The Bertz CT molecular complexity index is 1500. The van der Waals surface area contributed by atoms with Crippen molar-refractivity contribution in [1.82, 2.24) is 4.90 Å². The fourth-order valence-electron chi connectivity index (χ4n) is 8.45. The molecule has 2 spiro atoms. The van der Waals surface area contributed by atoms with E-state index in [1.165, 1.54) is 0 Å². The van der Waals surface area contributed by atoms with Gasteiger partial charge in [-0.3, -0.25) is 4.79 Å². The van der Waals surface area contributed by atoms with E-state index in [0.717, 1.165) is 30.4 Å². The predicted molar refractivity (Wildman–Crippen MR) is 156 cm³/mol. The molecule has 5 aliphatic rings. The van der Waals surface area contributed by atoms with Gasteiger partial charge in [0.25, 0.3) is 0 Å². The molecule has 2 saturated carbocycles. The highest BCUT2D eigenvalue weighted by molar-refractivity contribution is 5.91. The summed E-state index contributed by atoms with van der Waals surface area (Å²) in [7, 11) is 3.92. The third-order valence-corrected chi connectivity index (χ3v) is 10.7. The average Bonchev–Trinajstić information content (AvgIpc) is 3.48. The molecule has 2 heterocycles. The molecular formula is C35H37NO6. The van der Waals surface area contributed by atoms with Gasteiger partial charge >= 0.3 is 11.9 Å². The number of ketones is 1. The van der Waals surface area contributed by atoms with Gasteiger partial charge in [0.2, 0.25) is 0 Å². The molecule has 3 aliphatic carbocycles. The van der Waals surface area contributed by atoms with E-state index in [1.807, 2.05) is 31.1 Å². The number of allylic oxidation sites excluding steroid dienone is 1. The molecular weight excluding hydrogens is 530 g/mol. The molecule has 0 aromatic heterocycles. The number of nitrogens with zero attached hydrogens (tertiary/aromatic N) is 1. The summed E-state index contributed by atoms with van der Waals surface area (Å²) >= 11 is 0. The molecule has 3 fully saturated rings. The van der Waals surface area contributed by atoms with Crippen LogP contribution >= 0.6 is 0 Å². The lowest BCUT2D eigenvalue weighted by atomic mass is 9.60. The van der Waals surface area contributed by atoms with Crippen LogP contribution in [0.4, 0.5) is 0 Å². The van der Waals surface area contributed by atoms with Crippen molar-refractivity contribution in [2.45, 2.75) is 74.9 Å². The van der Waals surface area contributed by atoms with Gasteiger partial charge in [-0.15, -0.1) is 0 Å². The number of likely N-dealkylation sites (N-methyl/N-ethyl adjacent to an activating group) is 1. The Morgan fingerprint density at radius 3 is 2.21 bits per heavy atom. The van der Waals surface area contributed by atoms with Crippen LogP contribution in [0.5, 0.6) is 0 Å². The SMILES string of the molecule is CN(C)[C@H]1C[C@@]23CC[C@@]4(O2)C(=CC[C@]2(C)C(=O)CC[C@H]24)C=C3[C@@H](OC(=O)c2ccccc2)[C@@H]1OC(=O)c1ccccc1. The number of ether oxygens (including phenoxy) is 3. The second-order valence-electron chi connectivity index (χ2n) is 13.0. The van der Waals surface area contributed by atoms with Gasteiger partial charge in [0.05, 0.1) is 28.4 Å². The second kappa shape index (κ2) is 9.75. The normalized spacial score (nSPS) is 36.3. The van der Waals surface area contributed by atoms with Crippen molar-refractivity contribution in [3.63, 3.8) is 0 Å². The van der Waals surface area contributed by atoms with E-state index in [1.54, 1.807) is 48.5 Å². The number of esters is 2. The van der Waals surface area contributed by atoms with Gasteiger partial charge in [-0.2, -0.15) is 0 Å². The largest absolute Gasteiger partial charge is 0.453 e. The molecule has 7 nitrogen and oxygen atoms in total. The molecule has 2 bridgehead atoms. The molecule has 2 aromatic carbocycles.